The Hall–Kier alpha value is -4.51. The highest BCUT2D eigenvalue weighted by Gasteiger charge is 1.87. The first-order valence-electron chi connectivity index (χ1n) is 10.5. The topological polar surface area (TPSA) is 203 Å². The molecule has 0 aromatic carbocycles. The molecule has 0 fully saturated rings. The predicted octanol–water partition coefficient (Wildman–Crippen LogP) is 2.46. The summed E-state index contributed by atoms with van der Waals surface area (Å²) in [5, 5.41) is 48.2. The van der Waals surface area contributed by atoms with Gasteiger partial charge in [-0.05, 0) is 39.9 Å². The van der Waals surface area contributed by atoms with Crippen molar-refractivity contribution in [2.75, 3.05) is 0 Å². The first kappa shape index (κ1) is 47.7. The third-order valence-electron chi connectivity index (χ3n) is 2.76. The number of H-pyrrole nitrogens is 1. The molecule has 5 heterocycles. The van der Waals surface area contributed by atoms with Crippen molar-refractivity contribution in [3.63, 3.8) is 0 Å². The second-order valence-electron chi connectivity index (χ2n) is 5.39. The number of nitrogens with one attached hydrogen (secondary N) is 1. The quantitative estimate of drug-likeness (QED) is 0.291. The SMILES string of the molecule is C.C.C.C.CC.CC.Cc1nnn(C)n1.Cc1nnnn1C.Cn1ccnn1.Cn1cnnn1.c1cn[nH]n1. The lowest BCUT2D eigenvalue weighted by Crippen LogP contribution is -1.92. The molecule has 0 saturated carbocycles. The van der Waals surface area contributed by atoms with Crippen LogP contribution in [0, 0.1) is 13.8 Å². The molecule has 39 heavy (non-hydrogen) atoms. The van der Waals surface area contributed by atoms with E-state index in [-0.39, 0.29) is 29.7 Å². The van der Waals surface area contributed by atoms with Crippen LogP contribution >= 0.6 is 0 Å². The van der Waals surface area contributed by atoms with Crippen LogP contribution in [0.25, 0.3) is 0 Å². The molecule has 5 aromatic rings. The van der Waals surface area contributed by atoms with E-state index in [1.54, 1.807) is 62.2 Å². The molecule has 226 valence electrons. The minimum Gasteiger partial charge on any atom is -0.256 e. The zero-order chi connectivity index (χ0) is 26.9. The van der Waals surface area contributed by atoms with E-state index in [2.05, 4.69) is 72.2 Å². The second kappa shape index (κ2) is 33.5. The van der Waals surface area contributed by atoms with Crippen LogP contribution < -0.4 is 0 Å². The van der Waals surface area contributed by atoms with Gasteiger partial charge in [-0.3, -0.25) is 4.68 Å². The summed E-state index contributed by atoms with van der Waals surface area (Å²) in [5.74, 6) is 1.54. The molecule has 0 aliphatic heterocycles. The molecule has 0 unspecified atom stereocenters. The maximum atomic E-state index is 3.81. The van der Waals surface area contributed by atoms with Crippen LogP contribution in [0.5, 0.6) is 0 Å². The van der Waals surface area contributed by atoms with Crippen molar-refractivity contribution in [3.8, 4) is 0 Å². The number of hydrogen-bond donors (Lipinski definition) is 1. The molecule has 0 bridgehead atoms. The number of rotatable bonds is 0. The molecule has 18 heteroatoms. The Morgan fingerprint density at radius 3 is 1.36 bits per heavy atom. The number of tetrazole rings is 3. The van der Waals surface area contributed by atoms with Crippen molar-refractivity contribution in [3.05, 3.63) is 42.8 Å². The molecule has 5 rings (SSSR count). The van der Waals surface area contributed by atoms with Gasteiger partial charge in [-0.25, -0.2) is 9.36 Å². The fourth-order valence-electron chi connectivity index (χ4n) is 1.29. The summed E-state index contributed by atoms with van der Waals surface area (Å²) in [7, 11) is 7.13. The summed E-state index contributed by atoms with van der Waals surface area (Å²) >= 11 is 0. The van der Waals surface area contributed by atoms with E-state index in [4.69, 9.17) is 0 Å². The van der Waals surface area contributed by atoms with Gasteiger partial charge < -0.3 is 0 Å². The number of aromatic amines is 1. The monoisotopic (exact) mass is 556 g/mol. The van der Waals surface area contributed by atoms with Crippen LogP contribution in [0.3, 0.4) is 0 Å². The van der Waals surface area contributed by atoms with Gasteiger partial charge in [0, 0.05) is 27.3 Å². The molecule has 1 N–H and O–H groups in total. The average molecular weight is 557 g/mol. The average Bonchev–Trinajstić information content (AvgIpc) is 3.69. The van der Waals surface area contributed by atoms with Gasteiger partial charge in [0.1, 0.15) is 12.2 Å². The molecule has 18 nitrogen and oxygen atoms in total. The molecule has 0 atom stereocenters. The zero-order valence-corrected chi connectivity index (χ0v) is 22.0. The van der Waals surface area contributed by atoms with Crippen molar-refractivity contribution in [1.29, 1.82) is 0 Å². The molecule has 0 aliphatic carbocycles. The summed E-state index contributed by atoms with van der Waals surface area (Å²) < 4.78 is 4.78. The smallest absolute Gasteiger partial charge is 0.171 e. The minimum atomic E-state index is 0. The molecular weight excluding hydrogens is 504 g/mol. The summed E-state index contributed by atoms with van der Waals surface area (Å²) in [6, 6.07) is 0. The zero-order valence-electron chi connectivity index (χ0n) is 22.0. The third kappa shape index (κ3) is 29.6. The van der Waals surface area contributed by atoms with E-state index in [0.717, 1.165) is 5.82 Å². The van der Waals surface area contributed by atoms with E-state index < -0.39 is 0 Å². The second-order valence-corrected chi connectivity index (χ2v) is 5.39. The van der Waals surface area contributed by atoms with Crippen molar-refractivity contribution >= 4 is 0 Å². The highest BCUT2D eigenvalue weighted by atomic mass is 15.6. The Morgan fingerprint density at radius 1 is 0.641 bits per heavy atom. The van der Waals surface area contributed by atoms with Gasteiger partial charge in [-0.1, -0.05) is 62.6 Å². The fraction of sp³-hybridized carbons (Fsp3) is 0.667. The van der Waals surface area contributed by atoms with Crippen LogP contribution in [-0.4, -0.2) is 91.0 Å². The molecule has 0 aliphatic rings. The summed E-state index contributed by atoms with van der Waals surface area (Å²) in [4.78, 5) is 1.43. The lowest BCUT2D eigenvalue weighted by molar-refractivity contribution is 0.629. The molecule has 0 amide bonds. The first-order chi connectivity index (χ1) is 16.9. The molecule has 5 aromatic heterocycles. The summed E-state index contributed by atoms with van der Waals surface area (Å²) in [6.45, 7) is 11.6. The lowest BCUT2D eigenvalue weighted by atomic mass is 10.7. The van der Waals surface area contributed by atoms with Gasteiger partial charge in [-0.15, -0.1) is 25.5 Å². The van der Waals surface area contributed by atoms with Crippen LogP contribution in [0.1, 0.15) is 69.1 Å². The standard InChI is InChI=1S/2C3H6N4.C3H5N3.C2H4N4.C2H3N3.2C2H6.4CH4/c1-3-4-5-6-7(3)2;1-3-4-6-7(2)5-3;1-6-3-2-4-5-6;1-6-2-3-4-5-6;1-2-4-5-3-1;2*1-2;;;;/h2*1-2H3;2-3H,1H3;2H,1H3;1-2H,(H,3,4,5);2*1-2H3;4*1H4. The Labute approximate surface area is 233 Å². The van der Waals surface area contributed by atoms with Crippen LogP contribution in [-0.2, 0) is 28.2 Å². The van der Waals surface area contributed by atoms with E-state index in [9.17, 15) is 0 Å². The van der Waals surface area contributed by atoms with Gasteiger partial charge >= 0.3 is 0 Å². The predicted molar refractivity (Wildman–Crippen MR) is 153 cm³/mol. The molecule has 0 radical (unpaired) electrons. The van der Waals surface area contributed by atoms with Crippen LogP contribution in [0.2, 0.25) is 0 Å². The normalized spacial score (nSPS) is 7.44. The van der Waals surface area contributed by atoms with Gasteiger partial charge in [-0.2, -0.15) is 20.2 Å². The van der Waals surface area contributed by atoms with Gasteiger partial charge in [0.15, 0.2) is 5.82 Å². The highest BCUT2D eigenvalue weighted by molar-refractivity contribution is 4.69. The minimum absolute atomic E-state index is 0. The number of nitrogens with zero attached hydrogens (tertiary/aromatic N) is 17. The maximum Gasteiger partial charge on any atom is 0.171 e. The van der Waals surface area contributed by atoms with Gasteiger partial charge in [0.2, 0.25) is 0 Å². The van der Waals surface area contributed by atoms with Gasteiger partial charge in [0.05, 0.1) is 25.6 Å². The van der Waals surface area contributed by atoms with E-state index in [1.165, 1.54) is 15.8 Å². The Morgan fingerprint density at radius 2 is 1.23 bits per heavy atom. The number of aryl methyl sites for hydroxylation is 6. The van der Waals surface area contributed by atoms with E-state index in [0.29, 0.717) is 5.82 Å². The van der Waals surface area contributed by atoms with Crippen molar-refractivity contribution in [2.24, 2.45) is 28.2 Å². The summed E-state index contributed by atoms with van der Waals surface area (Å²) in [6.07, 6.45) is 8.11. The van der Waals surface area contributed by atoms with E-state index in [1.807, 2.05) is 41.7 Å². The largest absolute Gasteiger partial charge is 0.256 e. The van der Waals surface area contributed by atoms with Crippen molar-refractivity contribution in [2.45, 2.75) is 71.2 Å². The van der Waals surface area contributed by atoms with Crippen LogP contribution in [0.15, 0.2) is 31.1 Å². The van der Waals surface area contributed by atoms with Gasteiger partial charge in [0.25, 0.3) is 0 Å². The Kier molecular flexibility index (Phi) is 40.9. The fourth-order valence-corrected chi connectivity index (χ4v) is 1.29. The highest BCUT2D eigenvalue weighted by Crippen LogP contribution is 1.78. The first-order valence-corrected chi connectivity index (χ1v) is 10.5. The molecular formula is C21H52N18. The van der Waals surface area contributed by atoms with Crippen molar-refractivity contribution in [1.82, 2.24) is 91.0 Å². The van der Waals surface area contributed by atoms with E-state index >= 15 is 0 Å². The Bertz CT molecular complexity index is 921. The van der Waals surface area contributed by atoms with Crippen LogP contribution in [0.4, 0.5) is 0 Å². The molecule has 0 spiro atoms. The number of hydrogen-bond acceptors (Lipinski definition) is 13. The summed E-state index contributed by atoms with van der Waals surface area (Å²) in [5.41, 5.74) is 0. The maximum absolute atomic E-state index is 3.81. The number of aromatic nitrogens is 18. The third-order valence-corrected chi connectivity index (χ3v) is 2.76. The lowest BCUT2D eigenvalue weighted by Gasteiger charge is -1.81. The molecule has 0 saturated heterocycles. The van der Waals surface area contributed by atoms with Crippen molar-refractivity contribution < 1.29 is 0 Å². The Balaban J connectivity index is -0.0000000827.